The summed E-state index contributed by atoms with van der Waals surface area (Å²) in [6.45, 7) is 4.06. The van der Waals surface area contributed by atoms with Crippen molar-refractivity contribution in [1.82, 2.24) is 20.2 Å². The molecule has 0 spiro atoms. The number of imidazole rings is 1. The van der Waals surface area contributed by atoms with Crippen molar-refractivity contribution >= 4 is 16.5 Å². The van der Waals surface area contributed by atoms with E-state index in [0.29, 0.717) is 5.92 Å². The number of nitrogens with one attached hydrogen (secondary N) is 1. The number of anilines is 1. The predicted molar refractivity (Wildman–Crippen MR) is 67.4 cm³/mol. The van der Waals surface area contributed by atoms with Crippen LogP contribution in [0.1, 0.15) is 29.6 Å². The Bertz CT molecular complexity index is 478. The zero-order valence-electron chi connectivity index (χ0n) is 9.76. The summed E-state index contributed by atoms with van der Waals surface area (Å²) in [5.74, 6) is 1.58. The molecule has 6 heteroatoms. The van der Waals surface area contributed by atoms with E-state index in [1.807, 2.05) is 19.3 Å². The third-order valence-corrected chi connectivity index (χ3v) is 4.01. The number of aromatic amines is 1. The SMILES string of the molecule is Cc1nnc(N2CCCC(c3ncc[nH]3)C2)s1. The fourth-order valence-corrected chi connectivity index (χ4v) is 3.01. The average molecular weight is 249 g/mol. The molecule has 5 nitrogen and oxygen atoms in total. The molecule has 2 aromatic heterocycles. The van der Waals surface area contributed by atoms with Crippen LogP contribution in [0.25, 0.3) is 0 Å². The molecule has 90 valence electrons. The quantitative estimate of drug-likeness (QED) is 0.884. The summed E-state index contributed by atoms with van der Waals surface area (Å²) in [6.07, 6.45) is 6.10. The van der Waals surface area contributed by atoms with E-state index < -0.39 is 0 Å². The number of aryl methyl sites for hydroxylation is 1. The molecule has 1 fully saturated rings. The first-order valence-corrected chi connectivity index (χ1v) is 6.69. The van der Waals surface area contributed by atoms with Crippen LogP contribution in [-0.2, 0) is 0 Å². The lowest BCUT2D eigenvalue weighted by atomic mass is 9.98. The Morgan fingerprint density at radius 3 is 3.12 bits per heavy atom. The lowest BCUT2D eigenvalue weighted by Gasteiger charge is -2.31. The molecule has 0 aromatic carbocycles. The minimum atomic E-state index is 0.489. The molecule has 3 rings (SSSR count). The highest BCUT2D eigenvalue weighted by atomic mass is 32.1. The molecule has 1 aliphatic heterocycles. The van der Waals surface area contributed by atoms with Gasteiger partial charge in [0, 0.05) is 31.4 Å². The second-order valence-corrected chi connectivity index (χ2v) is 5.52. The van der Waals surface area contributed by atoms with Gasteiger partial charge in [0.1, 0.15) is 10.8 Å². The van der Waals surface area contributed by atoms with Crippen LogP contribution >= 0.6 is 11.3 Å². The minimum Gasteiger partial charge on any atom is -0.348 e. The number of nitrogens with zero attached hydrogens (tertiary/aromatic N) is 4. The second-order valence-electron chi connectivity index (χ2n) is 4.36. The zero-order valence-corrected chi connectivity index (χ0v) is 10.6. The Hall–Kier alpha value is -1.43. The lowest BCUT2D eigenvalue weighted by Crippen LogP contribution is -2.34. The Morgan fingerprint density at radius 1 is 1.47 bits per heavy atom. The van der Waals surface area contributed by atoms with Crippen LogP contribution in [0.15, 0.2) is 12.4 Å². The maximum atomic E-state index is 4.36. The molecule has 3 heterocycles. The molecule has 0 amide bonds. The summed E-state index contributed by atoms with van der Waals surface area (Å²) in [5.41, 5.74) is 0. The Morgan fingerprint density at radius 2 is 2.41 bits per heavy atom. The van der Waals surface area contributed by atoms with Gasteiger partial charge in [0.2, 0.25) is 5.13 Å². The van der Waals surface area contributed by atoms with Crippen molar-refractivity contribution in [2.45, 2.75) is 25.7 Å². The summed E-state index contributed by atoms with van der Waals surface area (Å²) in [6, 6.07) is 0. The van der Waals surface area contributed by atoms with E-state index in [4.69, 9.17) is 0 Å². The van der Waals surface area contributed by atoms with Crippen molar-refractivity contribution in [2.75, 3.05) is 18.0 Å². The average Bonchev–Trinajstić information content (AvgIpc) is 3.00. The van der Waals surface area contributed by atoms with E-state index in [9.17, 15) is 0 Å². The van der Waals surface area contributed by atoms with Crippen molar-refractivity contribution in [3.05, 3.63) is 23.2 Å². The number of hydrogen-bond acceptors (Lipinski definition) is 5. The number of piperidine rings is 1. The third kappa shape index (κ3) is 2.17. The van der Waals surface area contributed by atoms with Gasteiger partial charge in [-0.05, 0) is 19.8 Å². The van der Waals surface area contributed by atoms with Crippen LogP contribution < -0.4 is 4.90 Å². The molecule has 1 atom stereocenters. The summed E-state index contributed by atoms with van der Waals surface area (Å²) in [7, 11) is 0. The van der Waals surface area contributed by atoms with Gasteiger partial charge in [0.05, 0.1) is 0 Å². The van der Waals surface area contributed by atoms with E-state index >= 15 is 0 Å². The van der Waals surface area contributed by atoms with Gasteiger partial charge in [0.15, 0.2) is 0 Å². The fourth-order valence-electron chi connectivity index (χ4n) is 2.29. The smallest absolute Gasteiger partial charge is 0.208 e. The van der Waals surface area contributed by atoms with Crippen molar-refractivity contribution in [3.8, 4) is 0 Å². The monoisotopic (exact) mass is 249 g/mol. The second kappa shape index (κ2) is 4.44. The Balaban J connectivity index is 1.76. The molecule has 0 radical (unpaired) electrons. The van der Waals surface area contributed by atoms with Gasteiger partial charge in [-0.3, -0.25) is 0 Å². The lowest BCUT2D eigenvalue weighted by molar-refractivity contribution is 0.493. The van der Waals surface area contributed by atoms with Crippen LogP contribution in [0.2, 0.25) is 0 Å². The van der Waals surface area contributed by atoms with Crippen molar-refractivity contribution in [2.24, 2.45) is 0 Å². The molecule has 2 aromatic rings. The molecule has 1 aliphatic rings. The van der Waals surface area contributed by atoms with Crippen LogP contribution in [0.4, 0.5) is 5.13 Å². The van der Waals surface area contributed by atoms with E-state index in [0.717, 1.165) is 29.1 Å². The Kier molecular flexibility index (Phi) is 2.80. The van der Waals surface area contributed by atoms with Gasteiger partial charge in [-0.25, -0.2) is 4.98 Å². The summed E-state index contributed by atoms with van der Waals surface area (Å²) in [5, 5.41) is 10.4. The number of H-pyrrole nitrogens is 1. The maximum absolute atomic E-state index is 4.36. The highest BCUT2D eigenvalue weighted by molar-refractivity contribution is 7.15. The largest absolute Gasteiger partial charge is 0.348 e. The highest BCUT2D eigenvalue weighted by Crippen LogP contribution is 2.29. The first-order chi connectivity index (χ1) is 8.33. The molecular formula is C11H15N5S. The zero-order chi connectivity index (χ0) is 11.7. The van der Waals surface area contributed by atoms with Gasteiger partial charge in [-0.15, -0.1) is 10.2 Å². The summed E-state index contributed by atoms with van der Waals surface area (Å²) < 4.78 is 0. The fraction of sp³-hybridized carbons (Fsp3) is 0.545. The topological polar surface area (TPSA) is 57.7 Å². The molecule has 1 N–H and O–H groups in total. The highest BCUT2D eigenvalue weighted by Gasteiger charge is 2.24. The molecule has 17 heavy (non-hydrogen) atoms. The van der Waals surface area contributed by atoms with E-state index in [1.54, 1.807) is 11.3 Å². The summed E-state index contributed by atoms with van der Waals surface area (Å²) in [4.78, 5) is 9.89. The van der Waals surface area contributed by atoms with Crippen LogP contribution in [0.5, 0.6) is 0 Å². The van der Waals surface area contributed by atoms with E-state index in [-0.39, 0.29) is 0 Å². The van der Waals surface area contributed by atoms with Crippen LogP contribution in [0.3, 0.4) is 0 Å². The van der Waals surface area contributed by atoms with Gasteiger partial charge in [-0.1, -0.05) is 11.3 Å². The standard InChI is InChI=1S/C11H15N5S/c1-8-14-15-11(17-8)16-6-2-3-9(7-16)10-12-4-5-13-10/h4-5,9H,2-3,6-7H2,1H3,(H,12,13). The first-order valence-electron chi connectivity index (χ1n) is 5.87. The molecule has 1 saturated heterocycles. The van der Waals surface area contributed by atoms with Crippen LogP contribution in [0, 0.1) is 6.92 Å². The maximum Gasteiger partial charge on any atom is 0.208 e. The van der Waals surface area contributed by atoms with Crippen molar-refractivity contribution in [3.63, 3.8) is 0 Å². The summed E-state index contributed by atoms with van der Waals surface area (Å²) >= 11 is 1.67. The predicted octanol–water partition coefficient (Wildman–Crippen LogP) is 1.95. The number of hydrogen-bond donors (Lipinski definition) is 1. The van der Waals surface area contributed by atoms with Gasteiger partial charge in [0.25, 0.3) is 0 Å². The minimum absolute atomic E-state index is 0.489. The third-order valence-electron chi connectivity index (χ3n) is 3.11. The molecule has 0 bridgehead atoms. The van der Waals surface area contributed by atoms with Crippen molar-refractivity contribution < 1.29 is 0 Å². The van der Waals surface area contributed by atoms with Gasteiger partial charge < -0.3 is 9.88 Å². The van der Waals surface area contributed by atoms with E-state index in [2.05, 4.69) is 25.1 Å². The molecular weight excluding hydrogens is 234 g/mol. The molecule has 1 unspecified atom stereocenters. The number of aromatic nitrogens is 4. The normalized spacial score (nSPS) is 20.8. The molecule has 0 saturated carbocycles. The Labute approximate surface area is 104 Å². The van der Waals surface area contributed by atoms with E-state index in [1.165, 1.54) is 12.8 Å². The van der Waals surface area contributed by atoms with Gasteiger partial charge in [-0.2, -0.15) is 0 Å². The van der Waals surface area contributed by atoms with Crippen molar-refractivity contribution in [1.29, 1.82) is 0 Å². The van der Waals surface area contributed by atoms with Gasteiger partial charge >= 0.3 is 0 Å². The molecule has 0 aliphatic carbocycles. The first kappa shape index (κ1) is 10.7. The number of rotatable bonds is 2. The van der Waals surface area contributed by atoms with Crippen LogP contribution in [-0.4, -0.2) is 33.3 Å².